The molecule has 2 aliphatic rings. The van der Waals surface area contributed by atoms with Crippen LogP contribution in [0.5, 0.6) is 0 Å². The number of likely N-dealkylation sites (tertiary alicyclic amines) is 1. The number of anilines is 1. The maximum Gasteiger partial charge on any atom is 0.310 e. The van der Waals surface area contributed by atoms with E-state index in [1.165, 1.54) is 17.0 Å². The fourth-order valence-electron chi connectivity index (χ4n) is 3.66. The highest BCUT2D eigenvalue weighted by Gasteiger charge is 2.39. The maximum atomic E-state index is 14.0. The highest BCUT2D eigenvalue weighted by atomic mass is 19.1. The number of halogens is 1. The van der Waals surface area contributed by atoms with Crippen LogP contribution in [-0.2, 0) is 19.1 Å². The molecule has 1 aromatic rings. The summed E-state index contributed by atoms with van der Waals surface area (Å²) in [5, 5.41) is 0. The van der Waals surface area contributed by atoms with Crippen LogP contribution in [-0.4, -0.2) is 48.9 Å². The molecule has 2 atom stereocenters. The number of rotatable bonds is 4. The number of para-hydroxylation sites is 1. The molecule has 0 radical (unpaired) electrons. The molecule has 6 nitrogen and oxygen atoms in total. The Labute approximate surface area is 151 Å². The lowest BCUT2D eigenvalue weighted by atomic mass is 9.96. The van der Waals surface area contributed by atoms with Crippen LogP contribution < -0.4 is 4.90 Å². The Kier molecular flexibility index (Phi) is 5.54. The summed E-state index contributed by atoms with van der Waals surface area (Å²) in [6.07, 6.45) is 1.49. The van der Waals surface area contributed by atoms with Gasteiger partial charge in [0.15, 0.2) is 0 Å². The first kappa shape index (κ1) is 18.4. The predicted molar refractivity (Wildman–Crippen MR) is 92.8 cm³/mol. The van der Waals surface area contributed by atoms with Crippen molar-refractivity contribution < 1.29 is 23.5 Å². The molecule has 0 saturated carbocycles. The van der Waals surface area contributed by atoms with Crippen molar-refractivity contribution in [3.8, 4) is 0 Å². The smallest absolute Gasteiger partial charge is 0.310 e. The summed E-state index contributed by atoms with van der Waals surface area (Å²) < 4.78 is 19.0. The second-order valence-electron chi connectivity index (χ2n) is 6.73. The zero-order valence-electron chi connectivity index (χ0n) is 14.8. The first-order valence-electron chi connectivity index (χ1n) is 9.01. The Balaban J connectivity index is 1.66. The van der Waals surface area contributed by atoms with E-state index in [1.54, 1.807) is 24.0 Å². The van der Waals surface area contributed by atoms with Gasteiger partial charge in [-0.1, -0.05) is 12.1 Å². The molecule has 2 aliphatic heterocycles. The van der Waals surface area contributed by atoms with E-state index in [0.29, 0.717) is 26.1 Å². The molecule has 26 heavy (non-hydrogen) atoms. The first-order valence-corrected chi connectivity index (χ1v) is 9.01. The molecule has 7 heteroatoms. The standard InChI is InChI=1S/C19H23FN2O4/c1-2-26-19(25)13-6-5-9-21(11-13)18(24)14-10-17(23)22(12-14)16-8-4-3-7-15(16)20/h3-4,7-8,13-14H,2,5-6,9-12H2,1H3/t13-,14+/m1/s1. The van der Waals surface area contributed by atoms with Gasteiger partial charge in [0, 0.05) is 26.1 Å². The van der Waals surface area contributed by atoms with Crippen molar-refractivity contribution in [2.24, 2.45) is 11.8 Å². The second-order valence-corrected chi connectivity index (χ2v) is 6.73. The number of carbonyl (C=O) groups is 3. The Bertz CT molecular complexity index is 709. The molecule has 0 spiro atoms. The van der Waals surface area contributed by atoms with Crippen LogP contribution in [0.4, 0.5) is 10.1 Å². The number of amides is 2. The second kappa shape index (κ2) is 7.85. The third-order valence-corrected chi connectivity index (χ3v) is 4.97. The topological polar surface area (TPSA) is 66.9 Å². The quantitative estimate of drug-likeness (QED) is 0.768. The van der Waals surface area contributed by atoms with Gasteiger partial charge >= 0.3 is 5.97 Å². The largest absolute Gasteiger partial charge is 0.466 e. The Morgan fingerprint density at radius 2 is 2.00 bits per heavy atom. The molecule has 1 aromatic carbocycles. The SMILES string of the molecule is CCOC(=O)[C@@H]1CCCN(C(=O)[C@H]2CC(=O)N(c3ccccc3F)C2)C1. The number of esters is 1. The van der Waals surface area contributed by atoms with Crippen LogP contribution in [0.2, 0.25) is 0 Å². The van der Waals surface area contributed by atoms with Gasteiger partial charge in [0.2, 0.25) is 11.8 Å². The molecular weight excluding hydrogens is 339 g/mol. The number of piperidine rings is 1. The van der Waals surface area contributed by atoms with Gasteiger partial charge in [0.1, 0.15) is 5.82 Å². The van der Waals surface area contributed by atoms with Gasteiger partial charge in [-0.15, -0.1) is 0 Å². The molecular formula is C19H23FN2O4. The van der Waals surface area contributed by atoms with E-state index in [4.69, 9.17) is 4.74 Å². The fraction of sp³-hybridized carbons (Fsp3) is 0.526. The van der Waals surface area contributed by atoms with Gasteiger partial charge in [0.25, 0.3) is 0 Å². The van der Waals surface area contributed by atoms with Crippen molar-refractivity contribution in [2.75, 3.05) is 31.1 Å². The lowest BCUT2D eigenvalue weighted by Gasteiger charge is -2.33. The summed E-state index contributed by atoms with van der Waals surface area (Å²) in [5.74, 6) is -1.98. The molecule has 3 rings (SSSR count). The van der Waals surface area contributed by atoms with Crippen molar-refractivity contribution in [3.63, 3.8) is 0 Å². The molecule has 2 fully saturated rings. The summed E-state index contributed by atoms with van der Waals surface area (Å²) in [5.41, 5.74) is 0.204. The summed E-state index contributed by atoms with van der Waals surface area (Å²) in [7, 11) is 0. The summed E-state index contributed by atoms with van der Waals surface area (Å²) in [6, 6.07) is 6.06. The average molecular weight is 362 g/mol. The van der Waals surface area contributed by atoms with Gasteiger partial charge in [-0.3, -0.25) is 14.4 Å². The van der Waals surface area contributed by atoms with Crippen molar-refractivity contribution in [1.82, 2.24) is 4.90 Å². The summed E-state index contributed by atoms with van der Waals surface area (Å²) in [6.45, 7) is 3.13. The molecule has 0 N–H and O–H groups in total. The normalized spacial score (nSPS) is 23.2. The maximum absolute atomic E-state index is 14.0. The van der Waals surface area contributed by atoms with Crippen LogP contribution in [0.25, 0.3) is 0 Å². The van der Waals surface area contributed by atoms with Crippen molar-refractivity contribution in [2.45, 2.75) is 26.2 Å². The molecule has 0 bridgehead atoms. The number of benzene rings is 1. The highest BCUT2D eigenvalue weighted by molar-refractivity contribution is 6.00. The molecule has 0 unspecified atom stereocenters. The van der Waals surface area contributed by atoms with E-state index in [0.717, 1.165) is 6.42 Å². The Hall–Kier alpha value is -2.44. The third-order valence-electron chi connectivity index (χ3n) is 4.97. The lowest BCUT2D eigenvalue weighted by Crippen LogP contribution is -2.45. The minimum atomic E-state index is -0.511. The van der Waals surface area contributed by atoms with Crippen LogP contribution in [0.1, 0.15) is 26.2 Å². The number of hydrogen-bond donors (Lipinski definition) is 0. The van der Waals surface area contributed by atoms with Crippen molar-refractivity contribution in [1.29, 1.82) is 0 Å². The summed E-state index contributed by atoms with van der Waals surface area (Å²) in [4.78, 5) is 40.1. The molecule has 2 saturated heterocycles. The van der Waals surface area contributed by atoms with E-state index in [1.807, 2.05) is 0 Å². The van der Waals surface area contributed by atoms with Crippen LogP contribution >= 0.6 is 0 Å². The van der Waals surface area contributed by atoms with Gasteiger partial charge in [-0.2, -0.15) is 0 Å². The summed E-state index contributed by atoms with van der Waals surface area (Å²) >= 11 is 0. The van der Waals surface area contributed by atoms with E-state index in [-0.39, 0.29) is 42.4 Å². The monoisotopic (exact) mass is 362 g/mol. The number of carbonyl (C=O) groups excluding carboxylic acids is 3. The van der Waals surface area contributed by atoms with Crippen LogP contribution in [0.3, 0.4) is 0 Å². The third kappa shape index (κ3) is 3.71. The van der Waals surface area contributed by atoms with Gasteiger partial charge in [-0.25, -0.2) is 4.39 Å². The zero-order chi connectivity index (χ0) is 18.7. The first-order chi connectivity index (χ1) is 12.5. The van der Waals surface area contributed by atoms with Crippen LogP contribution in [0.15, 0.2) is 24.3 Å². The van der Waals surface area contributed by atoms with Crippen molar-refractivity contribution >= 4 is 23.5 Å². The van der Waals surface area contributed by atoms with Crippen molar-refractivity contribution in [3.05, 3.63) is 30.1 Å². The molecule has 0 aliphatic carbocycles. The van der Waals surface area contributed by atoms with Crippen LogP contribution in [0, 0.1) is 17.7 Å². The Morgan fingerprint density at radius 3 is 2.73 bits per heavy atom. The minimum Gasteiger partial charge on any atom is -0.466 e. The molecule has 2 heterocycles. The average Bonchev–Trinajstić information content (AvgIpc) is 3.03. The van der Waals surface area contributed by atoms with Gasteiger partial charge in [0.05, 0.1) is 24.1 Å². The van der Waals surface area contributed by atoms with E-state index < -0.39 is 11.7 Å². The number of nitrogens with zero attached hydrogens (tertiary/aromatic N) is 2. The van der Waals surface area contributed by atoms with E-state index in [9.17, 15) is 18.8 Å². The number of hydrogen-bond acceptors (Lipinski definition) is 4. The van der Waals surface area contributed by atoms with E-state index in [2.05, 4.69) is 0 Å². The number of ether oxygens (including phenoxy) is 1. The lowest BCUT2D eigenvalue weighted by molar-refractivity contribution is -0.152. The van der Waals surface area contributed by atoms with E-state index >= 15 is 0 Å². The Morgan fingerprint density at radius 1 is 1.23 bits per heavy atom. The molecule has 2 amide bonds. The fourth-order valence-corrected chi connectivity index (χ4v) is 3.66. The molecule has 0 aromatic heterocycles. The highest BCUT2D eigenvalue weighted by Crippen LogP contribution is 2.29. The predicted octanol–water partition coefficient (Wildman–Crippen LogP) is 1.98. The zero-order valence-corrected chi connectivity index (χ0v) is 14.8. The van der Waals surface area contributed by atoms with Gasteiger partial charge in [-0.05, 0) is 31.9 Å². The van der Waals surface area contributed by atoms with Gasteiger partial charge < -0.3 is 14.5 Å². The minimum absolute atomic E-state index is 0.0632. The molecule has 140 valence electrons.